The molecule has 2 aromatic heterocycles. The molecule has 5 heteroatoms. The van der Waals surface area contributed by atoms with Gasteiger partial charge in [-0.3, -0.25) is 4.79 Å². The van der Waals surface area contributed by atoms with Crippen molar-refractivity contribution in [1.29, 1.82) is 0 Å². The summed E-state index contributed by atoms with van der Waals surface area (Å²) in [7, 11) is 1.22. The van der Waals surface area contributed by atoms with E-state index in [4.69, 9.17) is 0 Å². The van der Waals surface area contributed by atoms with Gasteiger partial charge in [-0.2, -0.15) is 0 Å². The van der Waals surface area contributed by atoms with Gasteiger partial charge < -0.3 is 13.9 Å². The number of esters is 1. The van der Waals surface area contributed by atoms with Crippen LogP contribution in [0.1, 0.15) is 21.5 Å². The molecule has 0 atom stereocenters. The maximum atomic E-state index is 11.9. The Balaban J connectivity index is 0.000000133. The summed E-state index contributed by atoms with van der Waals surface area (Å²) in [6.45, 7) is 2.03. The van der Waals surface area contributed by atoms with Crippen LogP contribution in [0.15, 0.2) is 54.9 Å². The van der Waals surface area contributed by atoms with Crippen LogP contribution >= 0.6 is 0 Å². The molecule has 4 aromatic rings. The quantitative estimate of drug-likeness (QED) is 0.306. The molecular formula is C23H20N2O3. The van der Waals surface area contributed by atoms with Crippen molar-refractivity contribution in [2.45, 2.75) is 25.9 Å². The van der Waals surface area contributed by atoms with Gasteiger partial charge in [0, 0.05) is 30.9 Å². The van der Waals surface area contributed by atoms with Gasteiger partial charge in [0.2, 0.25) is 0 Å². The molecule has 0 spiro atoms. The van der Waals surface area contributed by atoms with Crippen molar-refractivity contribution in [3.8, 4) is 0 Å². The third kappa shape index (κ3) is 2.47. The number of ketones is 1. The van der Waals surface area contributed by atoms with Crippen LogP contribution in [0.4, 0.5) is 0 Å². The monoisotopic (exact) mass is 372 g/mol. The van der Waals surface area contributed by atoms with Crippen molar-refractivity contribution in [3.63, 3.8) is 0 Å². The number of carbonyl (C=O) groups excluding carboxylic acids is 2. The van der Waals surface area contributed by atoms with Gasteiger partial charge in [-0.25, -0.2) is 4.79 Å². The Morgan fingerprint density at radius 3 is 2.39 bits per heavy atom. The summed E-state index contributed by atoms with van der Waals surface area (Å²) in [4.78, 5) is 23.1. The van der Waals surface area contributed by atoms with Crippen LogP contribution < -0.4 is 0 Å². The number of aryl methyl sites for hydroxylation is 4. The molecule has 2 aromatic carbocycles. The van der Waals surface area contributed by atoms with E-state index in [-0.39, 0.29) is 0 Å². The molecule has 0 radical (unpaired) electrons. The fourth-order valence-corrected chi connectivity index (χ4v) is 4.41. The van der Waals surface area contributed by atoms with Crippen molar-refractivity contribution >= 4 is 33.6 Å². The van der Waals surface area contributed by atoms with Gasteiger partial charge in [0.1, 0.15) is 0 Å². The molecule has 0 saturated heterocycles. The number of hydrogen-bond acceptors (Lipinski definition) is 3. The van der Waals surface area contributed by atoms with E-state index in [0.717, 1.165) is 23.9 Å². The normalized spacial score (nSPS) is 13.6. The lowest BCUT2D eigenvalue weighted by Gasteiger charge is -1.98. The molecule has 0 unspecified atom stereocenters. The molecule has 0 fully saturated rings. The van der Waals surface area contributed by atoms with Crippen LogP contribution in [0, 0.1) is 0 Å². The summed E-state index contributed by atoms with van der Waals surface area (Å²) in [5, 5.41) is 2.23. The zero-order chi connectivity index (χ0) is 19.3. The number of hydrogen-bond donors (Lipinski definition) is 0. The molecule has 0 saturated carbocycles. The topological polar surface area (TPSA) is 53.2 Å². The largest absolute Gasteiger partial charge is 0.463 e. The van der Waals surface area contributed by atoms with Crippen molar-refractivity contribution in [1.82, 2.24) is 9.13 Å². The highest BCUT2D eigenvalue weighted by Crippen LogP contribution is 2.30. The molecule has 2 aliphatic heterocycles. The van der Waals surface area contributed by atoms with E-state index in [1.807, 2.05) is 16.7 Å². The van der Waals surface area contributed by atoms with Gasteiger partial charge in [-0.1, -0.05) is 36.4 Å². The number of carbonyl (C=O) groups is 2. The lowest BCUT2D eigenvalue weighted by Crippen LogP contribution is -2.15. The van der Waals surface area contributed by atoms with E-state index >= 15 is 0 Å². The predicted molar refractivity (Wildman–Crippen MR) is 108 cm³/mol. The Morgan fingerprint density at radius 1 is 0.893 bits per heavy atom. The number of benzene rings is 2. The van der Waals surface area contributed by atoms with Gasteiger partial charge in [0.05, 0.1) is 23.7 Å². The highest BCUT2D eigenvalue weighted by atomic mass is 16.5. The summed E-state index contributed by atoms with van der Waals surface area (Å²) in [6.07, 6.45) is 6.13. The van der Waals surface area contributed by atoms with E-state index < -0.39 is 11.8 Å². The zero-order valence-corrected chi connectivity index (χ0v) is 15.6. The maximum absolute atomic E-state index is 11.9. The second-order valence-corrected chi connectivity index (χ2v) is 7.23. The third-order valence-electron chi connectivity index (χ3n) is 5.71. The Morgan fingerprint density at radius 2 is 1.61 bits per heavy atom. The fraction of sp³-hybridized carbons (Fsp3) is 0.217. The van der Waals surface area contributed by atoms with Crippen molar-refractivity contribution in [2.24, 2.45) is 0 Å². The highest BCUT2D eigenvalue weighted by molar-refractivity contribution is 6.43. The van der Waals surface area contributed by atoms with Crippen LogP contribution in [0.25, 0.3) is 21.8 Å². The molecule has 140 valence electrons. The van der Waals surface area contributed by atoms with Crippen molar-refractivity contribution in [2.75, 3.05) is 7.11 Å². The van der Waals surface area contributed by atoms with Gasteiger partial charge in [0.15, 0.2) is 0 Å². The lowest BCUT2D eigenvalue weighted by atomic mass is 10.1. The Labute approximate surface area is 162 Å². The summed E-state index contributed by atoms with van der Waals surface area (Å²) in [5.41, 5.74) is 5.69. The number of aromatic nitrogens is 2. The lowest BCUT2D eigenvalue weighted by molar-refractivity contribution is -0.135. The summed E-state index contributed by atoms with van der Waals surface area (Å²) in [6, 6.07) is 14.6. The first-order valence-corrected chi connectivity index (χ1v) is 9.47. The van der Waals surface area contributed by atoms with Crippen molar-refractivity contribution in [3.05, 3.63) is 71.5 Å². The minimum absolute atomic E-state index is 0.438. The van der Waals surface area contributed by atoms with E-state index in [9.17, 15) is 9.59 Å². The SMILES string of the molecule is COC(=O)C(=O)c1cn2c3c(cccc13)CC2.c1cc2c3c(c1)ccn3CC2. The second-order valence-electron chi connectivity index (χ2n) is 7.23. The highest BCUT2D eigenvalue weighted by Gasteiger charge is 2.25. The van der Waals surface area contributed by atoms with Crippen LogP contribution in [0.5, 0.6) is 0 Å². The molecule has 28 heavy (non-hydrogen) atoms. The number of Topliss-reactive ketones (excluding diaryl/α,β-unsaturated/α-hetero) is 1. The van der Waals surface area contributed by atoms with Gasteiger partial charge >= 0.3 is 5.97 Å². The first kappa shape index (κ1) is 16.8. The van der Waals surface area contributed by atoms with Gasteiger partial charge in [0.25, 0.3) is 5.78 Å². The van der Waals surface area contributed by atoms with Crippen LogP contribution in [-0.4, -0.2) is 28.0 Å². The average molecular weight is 372 g/mol. The van der Waals surface area contributed by atoms with Crippen LogP contribution in [0.3, 0.4) is 0 Å². The van der Waals surface area contributed by atoms with Crippen LogP contribution in [0.2, 0.25) is 0 Å². The smallest absolute Gasteiger partial charge is 0.379 e. The van der Waals surface area contributed by atoms with E-state index in [0.29, 0.717) is 5.56 Å². The maximum Gasteiger partial charge on any atom is 0.379 e. The van der Waals surface area contributed by atoms with E-state index in [1.54, 1.807) is 6.20 Å². The first-order valence-electron chi connectivity index (χ1n) is 9.47. The number of nitrogens with zero attached hydrogens (tertiary/aromatic N) is 2. The number of methoxy groups -OCH3 is 1. The van der Waals surface area contributed by atoms with Gasteiger partial charge in [-0.05, 0) is 35.4 Å². The fourth-order valence-electron chi connectivity index (χ4n) is 4.41. The number of rotatable bonds is 2. The average Bonchev–Trinajstić information content (AvgIpc) is 3.50. The molecule has 2 aliphatic rings. The molecule has 4 heterocycles. The predicted octanol–water partition coefficient (Wildman–Crippen LogP) is 3.75. The standard InChI is InChI=1S/C13H11NO3.C10H9N/c1-17-13(16)12(15)10-7-14-6-5-8-3-2-4-9(10)11(8)14;1-2-8-4-6-11-7-5-9(3-1)10(8)11/h2-4,7H,5-6H2,1H3;1-4,6H,5,7H2. The number of para-hydroxylation sites is 2. The Hall–Kier alpha value is -3.34. The van der Waals surface area contributed by atoms with Gasteiger partial charge in [-0.15, -0.1) is 0 Å². The second kappa shape index (κ2) is 6.37. The number of ether oxygens (including phenoxy) is 1. The minimum atomic E-state index is -0.810. The Bertz CT molecular complexity index is 1250. The minimum Gasteiger partial charge on any atom is -0.463 e. The Kier molecular flexibility index (Phi) is 3.83. The molecule has 0 aliphatic carbocycles. The third-order valence-corrected chi connectivity index (χ3v) is 5.71. The summed E-state index contributed by atoms with van der Waals surface area (Å²) in [5.74, 6) is -1.38. The van der Waals surface area contributed by atoms with E-state index in [2.05, 4.69) is 45.8 Å². The molecule has 0 N–H and O–H groups in total. The molecule has 6 rings (SSSR count). The molecular weight excluding hydrogens is 352 g/mol. The molecule has 0 amide bonds. The first-order chi connectivity index (χ1) is 13.7. The van der Waals surface area contributed by atoms with Crippen LogP contribution in [-0.2, 0) is 35.5 Å². The molecule has 5 nitrogen and oxygen atoms in total. The summed E-state index contributed by atoms with van der Waals surface area (Å²) >= 11 is 0. The van der Waals surface area contributed by atoms with E-state index in [1.165, 1.54) is 42.1 Å². The zero-order valence-electron chi connectivity index (χ0n) is 15.6. The van der Waals surface area contributed by atoms with Crippen molar-refractivity contribution < 1.29 is 14.3 Å². The molecule has 0 bridgehead atoms. The summed E-state index contributed by atoms with van der Waals surface area (Å²) < 4.78 is 8.84.